The molecule has 0 saturated heterocycles. The third-order valence-corrected chi connectivity index (χ3v) is 3.32. The molecule has 1 aromatic carbocycles. The number of nitrogens with one attached hydrogen (secondary N) is 1. The van der Waals surface area contributed by atoms with Crippen LogP contribution >= 0.6 is 0 Å². The molecule has 0 spiro atoms. The predicted molar refractivity (Wildman–Crippen MR) is 82.4 cm³/mol. The molecule has 0 unspecified atom stereocenters. The standard InChI is InChI=1S/C17H23F4N/c1-6-7-12(9-17(5,20)21)22-14-8-13(18)15(10(2)3)16(19)11(14)4/h7-8,10,22H,6,9H2,1-5H3/b12-7+. The quantitative estimate of drug-likeness (QED) is 0.621. The summed E-state index contributed by atoms with van der Waals surface area (Å²) in [7, 11) is 0. The largest absolute Gasteiger partial charge is 0.359 e. The van der Waals surface area contributed by atoms with Gasteiger partial charge in [0.15, 0.2) is 0 Å². The number of rotatable bonds is 6. The highest BCUT2D eigenvalue weighted by Crippen LogP contribution is 2.31. The maximum absolute atomic E-state index is 14.3. The molecule has 0 aliphatic carbocycles. The first-order valence-corrected chi connectivity index (χ1v) is 7.39. The average Bonchev–Trinajstić information content (AvgIpc) is 2.33. The Morgan fingerprint density at radius 1 is 1.32 bits per heavy atom. The highest BCUT2D eigenvalue weighted by molar-refractivity contribution is 5.57. The molecule has 1 aromatic rings. The van der Waals surface area contributed by atoms with E-state index in [0.29, 0.717) is 6.42 Å². The first-order valence-electron chi connectivity index (χ1n) is 7.39. The Balaban J connectivity index is 3.19. The minimum Gasteiger partial charge on any atom is -0.359 e. The molecule has 0 radical (unpaired) electrons. The van der Waals surface area contributed by atoms with Gasteiger partial charge in [0, 0.05) is 22.5 Å². The summed E-state index contributed by atoms with van der Waals surface area (Å²) in [5.74, 6) is -4.48. The minimum absolute atomic E-state index is 0.0184. The third-order valence-electron chi connectivity index (χ3n) is 3.32. The van der Waals surface area contributed by atoms with Crippen molar-refractivity contribution in [3.05, 3.63) is 40.6 Å². The number of anilines is 1. The van der Waals surface area contributed by atoms with Gasteiger partial charge in [0.1, 0.15) is 11.6 Å². The van der Waals surface area contributed by atoms with E-state index in [-0.39, 0.29) is 28.4 Å². The fourth-order valence-electron chi connectivity index (χ4n) is 2.32. The summed E-state index contributed by atoms with van der Waals surface area (Å²) in [4.78, 5) is 0. The summed E-state index contributed by atoms with van der Waals surface area (Å²) >= 11 is 0. The van der Waals surface area contributed by atoms with Gasteiger partial charge in [-0.25, -0.2) is 17.6 Å². The molecule has 5 heteroatoms. The Hall–Kier alpha value is -1.52. The summed E-state index contributed by atoms with van der Waals surface area (Å²) in [5.41, 5.74) is 0.689. The van der Waals surface area contributed by atoms with Crippen LogP contribution in [0.25, 0.3) is 0 Å². The van der Waals surface area contributed by atoms with Crippen LogP contribution < -0.4 is 5.32 Å². The third kappa shape index (κ3) is 4.75. The molecular formula is C17H23F4N. The summed E-state index contributed by atoms with van der Waals surface area (Å²) in [5, 5.41) is 2.75. The van der Waals surface area contributed by atoms with E-state index in [1.165, 1.54) is 13.0 Å². The summed E-state index contributed by atoms with van der Waals surface area (Å²) in [6.07, 6.45) is 1.64. The Labute approximate surface area is 129 Å². The van der Waals surface area contributed by atoms with Crippen molar-refractivity contribution < 1.29 is 17.6 Å². The summed E-state index contributed by atoms with van der Waals surface area (Å²) in [6, 6.07) is 1.17. The van der Waals surface area contributed by atoms with Crippen LogP contribution in [0.2, 0.25) is 0 Å². The van der Waals surface area contributed by atoms with Crippen molar-refractivity contribution >= 4 is 5.69 Å². The molecular weight excluding hydrogens is 294 g/mol. The van der Waals surface area contributed by atoms with E-state index in [9.17, 15) is 17.6 Å². The van der Waals surface area contributed by atoms with Crippen molar-refractivity contribution in [2.45, 2.75) is 59.3 Å². The van der Waals surface area contributed by atoms with Gasteiger partial charge in [-0.1, -0.05) is 26.8 Å². The van der Waals surface area contributed by atoms with Crippen LogP contribution in [-0.4, -0.2) is 5.92 Å². The molecule has 0 atom stereocenters. The molecule has 0 amide bonds. The zero-order valence-electron chi connectivity index (χ0n) is 13.7. The van der Waals surface area contributed by atoms with Gasteiger partial charge in [-0.05, 0) is 32.3 Å². The van der Waals surface area contributed by atoms with Crippen molar-refractivity contribution in [1.29, 1.82) is 0 Å². The van der Waals surface area contributed by atoms with Crippen LogP contribution in [0.1, 0.15) is 57.6 Å². The number of hydrogen-bond acceptors (Lipinski definition) is 1. The smallest absolute Gasteiger partial charge is 0.250 e. The number of allylic oxidation sites excluding steroid dienone is 2. The number of halogens is 4. The Kier molecular flexibility index (Phi) is 6.03. The van der Waals surface area contributed by atoms with E-state index >= 15 is 0 Å². The maximum Gasteiger partial charge on any atom is 0.250 e. The van der Waals surface area contributed by atoms with Gasteiger partial charge in [0.2, 0.25) is 0 Å². The van der Waals surface area contributed by atoms with Crippen LogP contribution in [0.5, 0.6) is 0 Å². The van der Waals surface area contributed by atoms with Crippen LogP contribution in [0.3, 0.4) is 0 Å². The number of benzene rings is 1. The average molecular weight is 317 g/mol. The molecule has 1 rings (SSSR count). The molecule has 0 aromatic heterocycles. The molecule has 1 nitrogen and oxygen atoms in total. The Bertz CT molecular complexity index is 557. The van der Waals surface area contributed by atoms with Crippen LogP contribution in [-0.2, 0) is 0 Å². The summed E-state index contributed by atoms with van der Waals surface area (Å²) < 4.78 is 54.8. The number of hydrogen-bond donors (Lipinski definition) is 1. The molecule has 1 N–H and O–H groups in total. The van der Waals surface area contributed by atoms with Crippen LogP contribution in [0.4, 0.5) is 23.2 Å². The second kappa shape index (κ2) is 7.16. The maximum atomic E-state index is 14.3. The molecule has 22 heavy (non-hydrogen) atoms. The van der Waals surface area contributed by atoms with Crippen molar-refractivity contribution in [2.75, 3.05) is 5.32 Å². The zero-order valence-corrected chi connectivity index (χ0v) is 13.7. The molecule has 0 heterocycles. The van der Waals surface area contributed by atoms with Gasteiger partial charge in [0.05, 0.1) is 6.42 Å². The first kappa shape index (κ1) is 18.5. The van der Waals surface area contributed by atoms with Gasteiger partial charge in [-0.15, -0.1) is 0 Å². The van der Waals surface area contributed by atoms with Gasteiger partial charge < -0.3 is 5.32 Å². The van der Waals surface area contributed by atoms with Crippen molar-refractivity contribution in [3.63, 3.8) is 0 Å². The monoisotopic (exact) mass is 317 g/mol. The van der Waals surface area contributed by atoms with Crippen LogP contribution in [0, 0.1) is 18.6 Å². The number of alkyl halides is 2. The van der Waals surface area contributed by atoms with E-state index in [0.717, 1.165) is 6.92 Å². The predicted octanol–water partition coefficient (Wildman–Crippen LogP) is 6.15. The normalized spacial score (nSPS) is 12.9. The van der Waals surface area contributed by atoms with E-state index in [4.69, 9.17) is 0 Å². The second-order valence-electron chi connectivity index (χ2n) is 5.92. The molecule has 0 fully saturated rings. The fraction of sp³-hybridized carbons (Fsp3) is 0.529. The van der Waals surface area contributed by atoms with Gasteiger partial charge in [0.25, 0.3) is 5.92 Å². The summed E-state index contributed by atoms with van der Waals surface area (Å²) in [6.45, 7) is 7.54. The lowest BCUT2D eigenvalue weighted by Gasteiger charge is -2.19. The minimum atomic E-state index is -2.89. The van der Waals surface area contributed by atoms with E-state index in [1.807, 2.05) is 6.92 Å². The fourth-order valence-corrected chi connectivity index (χ4v) is 2.32. The first-order chi connectivity index (χ1) is 10.1. The molecule has 0 aliphatic heterocycles. The van der Waals surface area contributed by atoms with Crippen LogP contribution in [0.15, 0.2) is 17.8 Å². The van der Waals surface area contributed by atoms with Gasteiger partial charge in [-0.3, -0.25) is 0 Å². The van der Waals surface area contributed by atoms with Gasteiger partial charge in [-0.2, -0.15) is 0 Å². The van der Waals surface area contributed by atoms with E-state index in [1.54, 1.807) is 19.9 Å². The topological polar surface area (TPSA) is 12.0 Å². The highest BCUT2D eigenvalue weighted by atomic mass is 19.3. The lowest BCUT2D eigenvalue weighted by molar-refractivity contribution is 0.0229. The van der Waals surface area contributed by atoms with E-state index < -0.39 is 24.0 Å². The molecule has 0 aliphatic rings. The van der Waals surface area contributed by atoms with Crippen molar-refractivity contribution in [2.24, 2.45) is 0 Å². The molecule has 0 saturated carbocycles. The highest BCUT2D eigenvalue weighted by Gasteiger charge is 2.24. The van der Waals surface area contributed by atoms with Crippen molar-refractivity contribution in [1.82, 2.24) is 0 Å². The lowest BCUT2D eigenvalue weighted by atomic mass is 9.98. The SMILES string of the molecule is CC/C=C(\CC(C)(F)F)Nc1cc(F)c(C(C)C)c(F)c1C. The molecule has 0 bridgehead atoms. The second-order valence-corrected chi connectivity index (χ2v) is 5.92. The zero-order chi connectivity index (χ0) is 17.1. The Morgan fingerprint density at radius 3 is 2.36 bits per heavy atom. The Morgan fingerprint density at radius 2 is 1.91 bits per heavy atom. The van der Waals surface area contributed by atoms with E-state index in [2.05, 4.69) is 5.32 Å². The molecule has 124 valence electrons. The van der Waals surface area contributed by atoms with Gasteiger partial charge >= 0.3 is 0 Å². The lowest BCUT2D eigenvalue weighted by Crippen LogP contribution is -2.16. The van der Waals surface area contributed by atoms with Crippen molar-refractivity contribution in [3.8, 4) is 0 Å².